The fourth-order valence-electron chi connectivity index (χ4n) is 4.61. The van der Waals surface area contributed by atoms with E-state index in [1.54, 1.807) is 0 Å². The normalized spacial score (nSPS) is 15.8. The standard InChI is InChI=1S/C23H27N5/c1-15-25-22-19(10-11-24-23(22)26-15)21-13-17-12-16(8-9-20(17)27-21)14-28(2)18-6-4-3-5-7-18/h8-13,18,27H,3-7,14H2,1-2H3,(H,24,25,26). The van der Waals surface area contributed by atoms with Gasteiger partial charge >= 0.3 is 0 Å². The monoisotopic (exact) mass is 373 g/mol. The number of H-pyrrole nitrogens is 2. The minimum absolute atomic E-state index is 0.735. The van der Waals surface area contributed by atoms with Crippen molar-refractivity contribution in [1.29, 1.82) is 0 Å². The lowest BCUT2D eigenvalue weighted by molar-refractivity contribution is 0.184. The van der Waals surface area contributed by atoms with Crippen molar-refractivity contribution in [3.05, 3.63) is 47.9 Å². The number of imidazole rings is 1. The first-order valence-electron chi connectivity index (χ1n) is 10.3. The van der Waals surface area contributed by atoms with Crippen molar-refractivity contribution in [3.8, 4) is 11.3 Å². The van der Waals surface area contributed by atoms with Crippen molar-refractivity contribution in [2.24, 2.45) is 0 Å². The van der Waals surface area contributed by atoms with Crippen LogP contribution < -0.4 is 0 Å². The van der Waals surface area contributed by atoms with E-state index in [0.29, 0.717) is 0 Å². The molecule has 3 heterocycles. The van der Waals surface area contributed by atoms with E-state index >= 15 is 0 Å². The molecule has 3 aromatic heterocycles. The van der Waals surface area contributed by atoms with Gasteiger partial charge in [0.25, 0.3) is 0 Å². The third kappa shape index (κ3) is 3.20. The summed E-state index contributed by atoms with van der Waals surface area (Å²) in [6.45, 7) is 2.98. The van der Waals surface area contributed by atoms with Crippen LogP contribution in [0.5, 0.6) is 0 Å². The van der Waals surface area contributed by atoms with E-state index in [0.717, 1.165) is 46.3 Å². The first kappa shape index (κ1) is 17.4. The smallest absolute Gasteiger partial charge is 0.158 e. The molecule has 0 saturated heterocycles. The average molecular weight is 374 g/mol. The predicted octanol–water partition coefficient (Wildman–Crippen LogP) is 5.18. The van der Waals surface area contributed by atoms with Crippen LogP contribution in [0.3, 0.4) is 0 Å². The van der Waals surface area contributed by atoms with Gasteiger partial charge in [0.1, 0.15) is 11.3 Å². The number of aromatic nitrogens is 4. The van der Waals surface area contributed by atoms with Crippen molar-refractivity contribution in [1.82, 2.24) is 24.8 Å². The highest BCUT2D eigenvalue weighted by atomic mass is 15.1. The van der Waals surface area contributed by atoms with Crippen molar-refractivity contribution in [3.63, 3.8) is 0 Å². The largest absolute Gasteiger partial charge is 0.354 e. The van der Waals surface area contributed by atoms with Crippen LogP contribution in [-0.2, 0) is 6.54 Å². The molecule has 0 spiro atoms. The van der Waals surface area contributed by atoms with Crippen LogP contribution in [0.15, 0.2) is 36.5 Å². The van der Waals surface area contributed by atoms with E-state index in [2.05, 4.69) is 56.1 Å². The first-order valence-corrected chi connectivity index (χ1v) is 10.3. The van der Waals surface area contributed by atoms with Crippen LogP contribution in [0.25, 0.3) is 33.3 Å². The highest BCUT2D eigenvalue weighted by Gasteiger charge is 2.18. The number of aromatic amines is 2. The summed E-state index contributed by atoms with van der Waals surface area (Å²) < 4.78 is 0. The summed E-state index contributed by atoms with van der Waals surface area (Å²) >= 11 is 0. The van der Waals surface area contributed by atoms with Gasteiger partial charge in [-0.05, 0) is 56.6 Å². The van der Waals surface area contributed by atoms with Gasteiger partial charge in [0, 0.05) is 40.9 Å². The Labute approximate surface area is 165 Å². The Morgan fingerprint density at radius 3 is 2.79 bits per heavy atom. The summed E-state index contributed by atoms with van der Waals surface area (Å²) in [4.78, 5) is 18.3. The predicted molar refractivity (Wildman–Crippen MR) is 114 cm³/mol. The Bertz CT molecular complexity index is 1120. The Hall–Kier alpha value is -2.66. The number of fused-ring (bicyclic) bond motifs is 2. The van der Waals surface area contributed by atoms with Gasteiger partial charge in [-0.15, -0.1) is 0 Å². The first-order chi connectivity index (χ1) is 13.7. The highest BCUT2D eigenvalue weighted by molar-refractivity contribution is 5.94. The van der Waals surface area contributed by atoms with Crippen LogP contribution in [0.4, 0.5) is 0 Å². The fourth-order valence-corrected chi connectivity index (χ4v) is 4.61. The van der Waals surface area contributed by atoms with Gasteiger partial charge < -0.3 is 9.97 Å². The molecule has 0 atom stereocenters. The Kier molecular flexibility index (Phi) is 4.40. The molecule has 1 saturated carbocycles. The summed E-state index contributed by atoms with van der Waals surface area (Å²) in [6, 6.07) is 11.8. The van der Waals surface area contributed by atoms with Gasteiger partial charge in [0.05, 0.1) is 0 Å². The number of benzene rings is 1. The van der Waals surface area contributed by atoms with Crippen molar-refractivity contribution < 1.29 is 0 Å². The van der Waals surface area contributed by atoms with E-state index in [1.807, 2.05) is 19.2 Å². The summed E-state index contributed by atoms with van der Waals surface area (Å²) in [7, 11) is 2.27. The van der Waals surface area contributed by atoms with Crippen molar-refractivity contribution in [2.75, 3.05) is 7.05 Å². The lowest BCUT2D eigenvalue weighted by atomic mass is 9.94. The molecule has 0 unspecified atom stereocenters. The van der Waals surface area contributed by atoms with Gasteiger partial charge in [-0.2, -0.15) is 0 Å². The highest BCUT2D eigenvalue weighted by Crippen LogP contribution is 2.30. The molecule has 1 aliphatic carbocycles. The van der Waals surface area contributed by atoms with E-state index in [4.69, 9.17) is 0 Å². The molecule has 0 radical (unpaired) electrons. The molecule has 5 nitrogen and oxygen atoms in total. The molecule has 28 heavy (non-hydrogen) atoms. The summed E-state index contributed by atoms with van der Waals surface area (Å²) in [5, 5.41) is 1.25. The molecule has 0 aliphatic heterocycles. The van der Waals surface area contributed by atoms with Crippen LogP contribution >= 0.6 is 0 Å². The van der Waals surface area contributed by atoms with E-state index in [1.165, 1.54) is 43.1 Å². The maximum Gasteiger partial charge on any atom is 0.158 e. The van der Waals surface area contributed by atoms with Crippen molar-refractivity contribution in [2.45, 2.75) is 51.6 Å². The Morgan fingerprint density at radius 1 is 1.07 bits per heavy atom. The Morgan fingerprint density at radius 2 is 1.93 bits per heavy atom. The number of pyridine rings is 1. The Balaban J connectivity index is 1.45. The number of nitrogens with one attached hydrogen (secondary N) is 2. The second-order valence-corrected chi connectivity index (χ2v) is 8.19. The second-order valence-electron chi connectivity index (χ2n) is 8.19. The van der Waals surface area contributed by atoms with Gasteiger partial charge in [-0.3, -0.25) is 4.90 Å². The quantitative estimate of drug-likeness (QED) is 0.518. The number of hydrogen-bond acceptors (Lipinski definition) is 3. The zero-order chi connectivity index (χ0) is 19.1. The average Bonchev–Trinajstić information content (AvgIpc) is 3.30. The number of nitrogens with zero attached hydrogens (tertiary/aromatic N) is 3. The third-order valence-electron chi connectivity index (χ3n) is 6.11. The minimum Gasteiger partial charge on any atom is -0.354 e. The van der Waals surface area contributed by atoms with E-state index < -0.39 is 0 Å². The minimum atomic E-state index is 0.735. The van der Waals surface area contributed by atoms with Crippen LogP contribution in [0, 0.1) is 6.92 Å². The topological polar surface area (TPSA) is 60.6 Å². The zero-order valence-corrected chi connectivity index (χ0v) is 16.6. The number of hydrogen-bond donors (Lipinski definition) is 2. The molecule has 1 aromatic carbocycles. The molecule has 1 fully saturated rings. The SMILES string of the molecule is Cc1nc2c(-c3cc4cc(CN(C)C5CCCCC5)ccc4[nH]3)ccnc2[nH]1. The van der Waals surface area contributed by atoms with Crippen LogP contribution in [0.1, 0.15) is 43.5 Å². The summed E-state index contributed by atoms with van der Waals surface area (Å²) in [6.07, 6.45) is 8.68. The van der Waals surface area contributed by atoms with Gasteiger partial charge in [0.2, 0.25) is 0 Å². The van der Waals surface area contributed by atoms with Crippen molar-refractivity contribution >= 4 is 22.1 Å². The molecular formula is C23H27N5. The second kappa shape index (κ2) is 7.06. The lowest BCUT2D eigenvalue weighted by Crippen LogP contribution is -2.32. The van der Waals surface area contributed by atoms with E-state index in [9.17, 15) is 0 Å². The van der Waals surface area contributed by atoms with Gasteiger partial charge in [-0.1, -0.05) is 25.3 Å². The van der Waals surface area contributed by atoms with E-state index in [-0.39, 0.29) is 0 Å². The fraction of sp³-hybridized carbons (Fsp3) is 0.391. The molecule has 0 bridgehead atoms. The maximum absolute atomic E-state index is 4.62. The molecule has 5 heteroatoms. The summed E-state index contributed by atoms with van der Waals surface area (Å²) in [5.74, 6) is 0.888. The number of aryl methyl sites for hydroxylation is 1. The maximum atomic E-state index is 4.62. The molecule has 1 aliphatic rings. The molecule has 0 amide bonds. The molecule has 4 aromatic rings. The molecular weight excluding hydrogens is 346 g/mol. The number of rotatable bonds is 4. The van der Waals surface area contributed by atoms with Crippen LogP contribution in [0.2, 0.25) is 0 Å². The third-order valence-corrected chi connectivity index (χ3v) is 6.11. The molecule has 144 valence electrons. The van der Waals surface area contributed by atoms with Gasteiger partial charge in [-0.25, -0.2) is 9.97 Å². The summed E-state index contributed by atoms with van der Waals surface area (Å²) in [5.41, 5.74) is 6.48. The zero-order valence-electron chi connectivity index (χ0n) is 16.6. The van der Waals surface area contributed by atoms with Crippen LogP contribution in [-0.4, -0.2) is 37.9 Å². The molecule has 5 rings (SSSR count). The molecule has 2 N–H and O–H groups in total. The van der Waals surface area contributed by atoms with Gasteiger partial charge in [0.15, 0.2) is 5.65 Å². The lowest BCUT2D eigenvalue weighted by Gasteiger charge is -2.31.